The van der Waals surface area contributed by atoms with Crippen LogP contribution in [-0.2, 0) is 16.0 Å². The molecule has 0 aliphatic heterocycles. The zero-order valence-corrected chi connectivity index (χ0v) is 14.9. The van der Waals surface area contributed by atoms with Gasteiger partial charge in [0, 0.05) is 23.5 Å². The van der Waals surface area contributed by atoms with E-state index in [1.165, 1.54) is 0 Å². The number of hydrogen-bond acceptors (Lipinski definition) is 4. The zero-order chi connectivity index (χ0) is 18.8. The second-order valence-corrected chi connectivity index (χ2v) is 6.46. The zero-order valence-electron chi connectivity index (χ0n) is 14.9. The molecule has 6 nitrogen and oxygen atoms in total. The third-order valence-corrected chi connectivity index (χ3v) is 4.60. The number of nitrogens with zero attached hydrogens (tertiary/aromatic N) is 1. The molecule has 6 heteroatoms. The highest BCUT2D eigenvalue weighted by Crippen LogP contribution is 2.20. The van der Waals surface area contributed by atoms with Crippen molar-refractivity contribution in [2.45, 2.75) is 25.9 Å². The standard InChI is InChI=1S/C21H19N3O3/c1-13(20-23-18-9-5-3-7-16(18)21(26)24-20)27-19(25)11-10-14-12-22-17-8-4-2-6-15(14)17/h2-9,12-13,22H,10-11H2,1H3,(H,23,24,26). The van der Waals surface area contributed by atoms with Crippen molar-refractivity contribution in [2.24, 2.45) is 0 Å². The summed E-state index contributed by atoms with van der Waals surface area (Å²) in [6.07, 6.45) is 2.13. The minimum Gasteiger partial charge on any atom is -0.454 e. The van der Waals surface area contributed by atoms with Crippen LogP contribution in [0, 0.1) is 0 Å². The molecule has 1 atom stereocenters. The van der Waals surface area contributed by atoms with Crippen LogP contribution in [0.5, 0.6) is 0 Å². The average Bonchev–Trinajstić information content (AvgIpc) is 3.09. The molecule has 0 bridgehead atoms. The van der Waals surface area contributed by atoms with Gasteiger partial charge in [-0.05, 0) is 37.1 Å². The molecule has 0 aliphatic carbocycles. The van der Waals surface area contributed by atoms with Gasteiger partial charge in [0.25, 0.3) is 5.56 Å². The van der Waals surface area contributed by atoms with Crippen molar-refractivity contribution in [3.05, 3.63) is 76.5 Å². The van der Waals surface area contributed by atoms with Crippen molar-refractivity contribution in [2.75, 3.05) is 0 Å². The van der Waals surface area contributed by atoms with E-state index in [4.69, 9.17) is 4.74 Å². The highest BCUT2D eigenvalue weighted by atomic mass is 16.5. The van der Waals surface area contributed by atoms with Crippen LogP contribution in [0.15, 0.2) is 59.5 Å². The van der Waals surface area contributed by atoms with Gasteiger partial charge in [0.2, 0.25) is 0 Å². The third kappa shape index (κ3) is 3.46. The van der Waals surface area contributed by atoms with Crippen molar-refractivity contribution < 1.29 is 9.53 Å². The van der Waals surface area contributed by atoms with Crippen LogP contribution < -0.4 is 5.56 Å². The van der Waals surface area contributed by atoms with Crippen molar-refractivity contribution in [3.63, 3.8) is 0 Å². The third-order valence-electron chi connectivity index (χ3n) is 4.60. The Labute approximate surface area is 155 Å². The van der Waals surface area contributed by atoms with Gasteiger partial charge in [-0.25, -0.2) is 4.98 Å². The normalized spacial score (nSPS) is 12.3. The number of aromatic nitrogens is 3. The lowest BCUT2D eigenvalue weighted by Crippen LogP contribution is -2.17. The van der Waals surface area contributed by atoms with Crippen LogP contribution in [0.4, 0.5) is 0 Å². The molecule has 4 aromatic rings. The first kappa shape index (κ1) is 17.0. The molecule has 0 radical (unpaired) electrons. The number of H-pyrrole nitrogens is 2. The van der Waals surface area contributed by atoms with Gasteiger partial charge in [-0.2, -0.15) is 0 Å². The molecular weight excluding hydrogens is 342 g/mol. The van der Waals surface area contributed by atoms with E-state index in [1.54, 1.807) is 25.1 Å². The summed E-state index contributed by atoms with van der Waals surface area (Å²) in [6, 6.07) is 15.0. The number of carbonyl (C=O) groups is 1. The number of esters is 1. The SMILES string of the molecule is CC(OC(=O)CCc1c[nH]c2ccccc12)c1nc2ccccc2c(=O)[nH]1. The summed E-state index contributed by atoms with van der Waals surface area (Å²) < 4.78 is 5.47. The minimum atomic E-state index is -0.627. The van der Waals surface area contributed by atoms with Gasteiger partial charge < -0.3 is 14.7 Å². The first-order chi connectivity index (χ1) is 13.1. The molecule has 2 aromatic carbocycles. The number of fused-ring (bicyclic) bond motifs is 2. The van der Waals surface area contributed by atoms with Crippen LogP contribution in [0.25, 0.3) is 21.8 Å². The Bertz CT molecular complexity index is 1180. The monoisotopic (exact) mass is 361 g/mol. The molecule has 2 aromatic heterocycles. The van der Waals surface area contributed by atoms with E-state index in [1.807, 2.05) is 36.5 Å². The molecule has 2 heterocycles. The maximum absolute atomic E-state index is 12.3. The van der Waals surface area contributed by atoms with E-state index >= 15 is 0 Å². The van der Waals surface area contributed by atoms with Crippen LogP contribution in [0.3, 0.4) is 0 Å². The van der Waals surface area contributed by atoms with Crippen LogP contribution in [0.1, 0.15) is 30.8 Å². The Hall–Kier alpha value is -3.41. The second-order valence-electron chi connectivity index (χ2n) is 6.46. The van der Waals surface area contributed by atoms with Crippen LogP contribution in [0.2, 0.25) is 0 Å². The fourth-order valence-corrected chi connectivity index (χ4v) is 3.18. The largest absolute Gasteiger partial charge is 0.454 e. The summed E-state index contributed by atoms with van der Waals surface area (Å²) in [4.78, 5) is 34.7. The van der Waals surface area contributed by atoms with E-state index in [9.17, 15) is 9.59 Å². The number of carbonyl (C=O) groups excluding carboxylic acids is 1. The Kier molecular flexibility index (Phi) is 4.46. The lowest BCUT2D eigenvalue weighted by molar-refractivity contribution is -0.148. The molecule has 27 heavy (non-hydrogen) atoms. The van der Waals surface area contributed by atoms with Gasteiger partial charge in [-0.3, -0.25) is 9.59 Å². The number of aromatic amines is 2. The molecule has 4 rings (SSSR count). The highest BCUT2D eigenvalue weighted by molar-refractivity contribution is 5.83. The number of benzene rings is 2. The Balaban J connectivity index is 1.44. The van der Waals surface area contributed by atoms with E-state index < -0.39 is 6.10 Å². The smallest absolute Gasteiger partial charge is 0.306 e. The summed E-state index contributed by atoms with van der Waals surface area (Å²) in [5, 5.41) is 1.62. The fourth-order valence-electron chi connectivity index (χ4n) is 3.18. The Morgan fingerprint density at radius 1 is 1.11 bits per heavy atom. The molecule has 0 spiro atoms. The molecule has 136 valence electrons. The predicted octanol–water partition coefficient (Wildman–Crippen LogP) is 3.64. The van der Waals surface area contributed by atoms with Gasteiger partial charge in [-0.1, -0.05) is 30.3 Å². The lowest BCUT2D eigenvalue weighted by atomic mass is 10.1. The van der Waals surface area contributed by atoms with Crippen LogP contribution >= 0.6 is 0 Å². The Morgan fingerprint density at radius 2 is 1.85 bits per heavy atom. The van der Waals surface area contributed by atoms with Gasteiger partial charge in [0.1, 0.15) is 0 Å². The second kappa shape index (κ2) is 7.07. The molecule has 0 saturated carbocycles. The van der Waals surface area contributed by atoms with E-state index in [0.29, 0.717) is 23.1 Å². The summed E-state index contributed by atoms with van der Waals surface area (Å²) in [6.45, 7) is 1.70. The first-order valence-corrected chi connectivity index (χ1v) is 8.85. The van der Waals surface area contributed by atoms with Crippen molar-refractivity contribution in [1.29, 1.82) is 0 Å². The summed E-state index contributed by atoms with van der Waals surface area (Å²) >= 11 is 0. The van der Waals surface area contributed by atoms with Crippen molar-refractivity contribution in [1.82, 2.24) is 15.0 Å². The maximum Gasteiger partial charge on any atom is 0.306 e. The van der Waals surface area contributed by atoms with Crippen LogP contribution in [-0.4, -0.2) is 20.9 Å². The molecule has 1 unspecified atom stereocenters. The quantitative estimate of drug-likeness (QED) is 0.531. The minimum absolute atomic E-state index is 0.239. The molecule has 0 amide bonds. The van der Waals surface area contributed by atoms with E-state index in [2.05, 4.69) is 15.0 Å². The molecule has 0 fully saturated rings. The topological polar surface area (TPSA) is 87.8 Å². The summed E-state index contributed by atoms with van der Waals surface area (Å²) in [7, 11) is 0. The number of rotatable bonds is 5. The number of ether oxygens (including phenoxy) is 1. The number of para-hydroxylation sites is 2. The van der Waals surface area contributed by atoms with Gasteiger partial charge >= 0.3 is 5.97 Å². The summed E-state index contributed by atoms with van der Waals surface area (Å²) in [5.41, 5.74) is 2.47. The van der Waals surface area contributed by atoms with Gasteiger partial charge in [-0.15, -0.1) is 0 Å². The van der Waals surface area contributed by atoms with E-state index in [-0.39, 0.29) is 17.9 Å². The van der Waals surface area contributed by atoms with Crippen molar-refractivity contribution >= 4 is 27.8 Å². The first-order valence-electron chi connectivity index (χ1n) is 8.85. The lowest BCUT2D eigenvalue weighted by Gasteiger charge is -2.13. The number of nitrogens with one attached hydrogen (secondary N) is 2. The number of hydrogen-bond donors (Lipinski definition) is 2. The molecule has 2 N–H and O–H groups in total. The predicted molar refractivity (Wildman–Crippen MR) is 103 cm³/mol. The Morgan fingerprint density at radius 3 is 2.70 bits per heavy atom. The average molecular weight is 361 g/mol. The number of aryl methyl sites for hydroxylation is 1. The fraction of sp³-hybridized carbons (Fsp3) is 0.190. The maximum atomic E-state index is 12.3. The van der Waals surface area contributed by atoms with E-state index in [0.717, 1.165) is 16.5 Å². The molecular formula is C21H19N3O3. The molecule has 0 aliphatic rings. The van der Waals surface area contributed by atoms with Gasteiger partial charge in [0.05, 0.1) is 10.9 Å². The highest BCUT2D eigenvalue weighted by Gasteiger charge is 2.16. The van der Waals surface area contributed by atoms with Crippen molar-refractivity contribution in [3.8, 4) is 0 Å². The summed E-state index contributed by atoms with van der Waals surface area (Å²) in [5.74, 6) is 0.0164. The molecule has 0 saturated heterocycles. The van der Waals surface area contributed by atoms with Gasteiger partial charge in [0.15, 0.2) is 11.9 Å².